The molecule has 3 aromatic rings. The van der Waals surface area contributed by atoms with Crippen molar-refractivity contribution in [1.82, 2.24) is 4.90 Å². The Balaban J connectivity index is 1.31. The molecule has 1 fully saturated rings. The number of benzene rings is 3. The predicted octanol–water partition coefficient (Wildman–Crippen LogP) is 4.95. The van der Waals surface area contributed by atoms with Crippen LogP contribution in [-0.4, -0.2) is 44.1 Å². The fraction of sp³-hybridized carbons (Fsp3) is 0.240. The number of thioether (sulfide) groups is 1. The van der Waals surface area contributed by atoms with E-state index < -0.39 is 0 Å². The van der Waals surface area contributed by atoms with Crippen LogP contribution in [0.15, 0.2) is 83.8 Å². The van der Waals surface area contributed by atoms with Crippen LogP contribution >= 0.6 is 11.8 Å². The SMILES string of the molecule is COc1cccc(N2CCN(C(=O)c3ccc(CSc4ccccc4)cc3)CC2)c1. The first-order chi connectivity index (χ1) is 14.7. The van der Waals surface area contributed by atoms with Crippen molar-refractivity contribution in [1.29, 1.82) is 0 Å². The van der Waals surface area contributed by atoms with Crippen molar-refractivity contribution in [2.75, 3.05) is 38.2 Å². The highest BCUT2D eigenvalue weighted by molar-refractivity contribution is 7.98. The van der Waals surface area contributed by atoms with E-state index in [1.807, 2.05) is 41.3 Å². The van der Waals surface area contributed by atoms with Gasteiger partial charge in [0.05, 0.1) is 7.11 Å². The molecule has 1 saturated heterocycles. The first-order valence-corrected chi connectivity index (χ1v) is 11.2. The maximum absolute atomic E-state index is 12.9. The lowest BCUT2D eigenvalue weighted by Gasteiger charge is -2.36. The number of ether oxygens (including phenoxy) is 1. The van der Waals surface area contributed by atoms with Gasteiger partial charge in [-0.05, 0) is 42.0 Å². The Morgan fingerprint density at radius 2 is 1.63 bits per heavy atom. The second kappa shape index (κ2) is 9.72. The van der Waals surface area contributed by atoms with Gasteiger partial charge in [-0.15, -0.1) is 11.8 Å². The number of hydrogen-bond donors (Lipinski definition) is 0. The zero-order valence-electron chi connectivity index (χ0n) is 17.2. The van der Waals surface area contributed by atoms with Gasteiger partial charge in [-0.2, -0.15) is 0 Å². The van der Waals surface area contributed by atoms with Gasteiger partial charge >= 0.3 is 0 Å². The molecule has 1 amide bonds. The molecule has 1 heterocycles. The van der Waals surface area contributed by atoms with Crippen LogP contribution in [0.2, 0.25) is 0 Å². The standard InChI is InChI=1S/C25H26N2O2S/c1-29-23-7-5-6-22(18-23)26-14-16-27(17-15-26)25(28)21-12-10-20(11-13-21)19-30-24-8-3-2-4-9-24/h2-13,18H,14-17,19H2,1H3. The van der Waals surface area contributed by atoms with Crippen molar-refractivity contribution in [2.45, 2.75) is 10.6 Å². The number of anilines is 1. The highest BCUT2D eigenvalue weighted by Gasteiger charge is 2.22. The minimum absolute atomic E-state index is 0.113. The monoisotopic (exact) mass is 418 g/mol. The molecule has 0 radical (unpaired) electrons. The molecule has 0 bridgehead atoms. The number of nitrogens with zero attached hydrogens (tertiary/aromatic N) is 2. The van der Waals surface area contributed by atoms with Crippen LogP contribution in [0.25, 0.3) is 0 Å². The third kappa shape index (κ3) is 4.97. The van der Waals surface area contributed by atoms with Crippen LogP contribution in [0.5, 0.6) is 5.75 Å². The second-order valence-corrected chi connectivity index (χ2v) is 8.33. The largest absolute Gasteiger partial charge is 0.497 e. The summed E-state index contributed by atoms with van der Waals surface area (Å²) in [5, 5.41) is 0. The van der Waals surface area contributed by atoms with E-state index in [9.17, 15) is 4.79 Å². The molecule has 0 saturated carbocycles. The Bertz CT molecular complexity index is 968. The number of carbonyl (C=O) groups excluding carboxylic acids is 1. The van der Waals surface area contributed by atoms with Crippen LogP contribution < -0.4 is 9.64 Å². The molecule has 154 valence electrons. The van der Waals surface area contributed by atoms with Gasteiger partial charge in [0, 0.05) is 54.1 Å². The van der Waals surface area contributed by atoms with Gasteiger partial charge in [0.25, 0.3) is 5.91 Å². The Kier molecular flexibility index (Phi) is 6.60. The summed E-state index contributed by atoms with van der Waals surface area (Å²) in [6.07, 6.45) is 0. The lowest BCUT2D eigenvalue weighted by molar-refractivity contribution is 0.0747. The quantitative estimate of drug-likeness (QED) is 0.530. The normalized spacial score (nSPS) is 13.9. The minimum Gasteiger partial charge on any atom is -0.497 e. The molecule has 0 aromatic heterocycles. The molecule has 1 aliphatic rings. The molecule has 0 atom stereocenters. The summed E-state index contributed by atoms with van der Waals surface area (Å²) >= 11 is 1.81. The Hall–Kier alpha value is -2.92. The van der Waals surface area contributed by atoms with E-state index in [1.165, 1.54) is 10.5 Å². The average Bonchev–Trinajstić information content (AvgIpc) is 2.83. The van der Waals surface area contributed by atoms with Gasteiger partial charge in [0.1, 0.15) is 5.75 Å². The third-order valence-corrected chi connectivity index (χ3v) is 6.42. The molecule has 1 aliphatic heterocycles. The van der Waals surface area contributed by atoms with E-state index in [1.54, 1.807) is 18.9 Å². The fourth-order valence-electron chi connectivity index (χ4n) is 3.58. The molecular weight excluding hydrogens is 392 g/mol. The molecule has 0 spiro atoms. The molecule has 0 aliphatic carbocycles. The van der Waals surface area contributed by atoms with Crippen LogP contribution in [0.1, 0.15) is 15.9 Å². The minimum atomic E-state index is 0.113. The zero-order chi connectivity index (χ0) is 20.8. The fourth-order valence-corrected chi connectivity index (χ4v) is 4.46. The third-order valence-electron chi connectivity index (χ3n) is 5.33. The Morgan fingerprint density at radius 3 is 2.33 bits per heavy atom. The van der Waals surface area contributed by atoms with E-state index >= 15 is 0 Å². The maximum atomic E-state index is 12.9. The van der Waals surface area contributed by atoms with Crippen molar-refractivity contribution in [2.24, 2.45) is 0 Å². The van der Waals surface area contributed by atoms with Crippen molar-refractivity contribution in [3.05, 3.63) is 90.0 Å². The number of rotatable bonds is 6. The second-order valence-electron chi connectivity index (χ2n) is 7.28. The molecule has 4 rings (SSSR count). The molecule has 5 heteroatoms. The van der Waals surface area contributed by atoms with Crippen molar-refractivity contribution < 1.29 is 9.53 Å². The summed E-state index contributed by atoms with van der Waals surface area (Å²) in [6.45, 7) is 3.10. The van der Waals surface area contributed by atoms with Gasteiger partial charge in [0.15, 0.2) is 0 Å². The smallest absolute Gasteiger partial charge is 0.253 e. The molecule has 0 unspecified atom stereocenters. The summed E-state index contributed by atoms with van der Waals surface area (Å²) < 4.78 is 5.32. The van der Waals surface area contributed by atoms with Gasteiger partial charge < -0.3 is 14.5 Å². The van der Waals surface area contributed by atoms with E-state index in [2.05, 4.69) is 47.4 Å². The van der Waals surface area contributed by atoms with Crippen molar-refractivity contribution >= 4 is 23.4 Å². The predicted molar refractivity (Wildman–Crippen MR) is 124 cm³/mol. The zero-order valence-corrected chi connectivity index (χ0v) is 18.0. The number of piperazine rings is 1. The molecule has 4 nitrogen and oxygen atoms in total. The van der Waals surface area contributed by atoms with Crippen LogP contribution in [-0.2, 0) is 5.75 Å². The van der Waals surface area contributed by atoms with Gasteiger partial charge in [-0.25, -0.2) is 0 Å². The van der Waals surface area contributed by atoms with E-state index in [0.717, 1.165) is 48.9 Å². The van der Waals surface area contributed by atoms with Crippen LogP contribution in [0.3, 0.4) is 0 Å². The summed E-state index contributed by atoms with van der Waals surface area (Å²) in [4.78, 5) is 18.4. The maximum Gasteiger partial charge on any atom is 0.253 e. The van der Waals surface area contributed by atoms with Gasteiger partial charge in [-0.3, -0.25) is 4.79 Å². The molecule has 3 aromatic carbocycles. The summed E-state index contributed by atoms with van der Waals surface area (Å²) in [5.74, 6) is 1.87. The van der Waals surface area contributed by atoms with Gasteiger partial charge in [0.2, 0.25) is 0 Å². The van der Waals surface area contributed by atoms with Crippen molar-refractivity contribution in [3.63, 3.8) is 0 Å². The van der Waals surface area contributed by atoms with Crippen LogP contribution in [0, 0.1) is 0 Å². The van der Waals surface area contributed by atoms with Gasteiger partial charge in [-0.1, -0.05) is 36.4 Å². The number of methoxy groups -OCH3 is 1. The average molecular weight is 419 g/mol. The molecule has 0 N–H and O–H groups in total. The summed E-state index contributed by atoms with van der Waals surface area (Å²) in [5.41, 5.74) is 3.13. The first kappa shape index (κ1) is 20.4. The Morgan fingerprint density at radius 1 is 0.900 bits per heavy atom. The number of hydrogen-bond acceptors (Lipinski definition) is 4. The van der Waals surface area contributed by atoms with Crippen LogP contribution in [0.4, 0.5) is 5.69 Å². The lowest BCUT2D eigenvalue weighted by atomic mass is 10.1. The molecule has 30 heavy (non-hydrogen) atoms. The molecular formula is C25H26N2O2S. The highest BCUT2D eigenvalue weighted by atomic mass is 32.2. The van der Waals surface area contributed by atoms with E-state index in [4.69, 9.17) is 4.74 Å². The van der Waals surface area contributed by atoms with Crippen molar-refractivity contribution in [3.8, 4) is 5.75 Å². The summed E-state index contributed by atoms with van der Waals surface area (Å²) in [6, 6.07) is 26.5. The summed E-state index contributed by atoms with van der Waals surface area (Å²) in [7, 11) is 1.68. The van der Waals surface area contributed by atoms with E-state index in [-0.39, 0.29) is 5.91 Å². The highest BCUT2D eigenvalue weighted by Crippen LogP contribution is 2.24. The topological polar surface area (TPSA) is 32.8 Å². The first-order valence-electron chi connectivity index (χ1n) is 10.2. The Labute approximate surface area is 182 Å². The lowest BCUT2D eigenvalue weighted by Crippen LogP contribution is -2.48. The van der Waals surface area contributed by atoms with E-state index in [0.29, 0.717) is 0 Å². The number of amides is 1. The number of carbonyl (C=O) groups is 1.